The maximum absolute atomic E-state index is 6.18. The van der Waals surface area contributed by atoms with Crippen LogP contribution in [0.4, 0.5) is 0 Å². The van der Waals surface area contributed by atoms with Crippen molar-refractivity contribution in [2.24, 2.45) is 12.8 Å². The lowest BCUT2D eigenvalue weighted by atomic mass is 10.2. The summed E-state index contributed by atoms with van der Waals surface area (Å²) in [5.74, 6) is 0.759. The van der Waals surface area contributed by atoms with Crippen molar-refractivity contribution in [2.75, 3.05) is 0 Å². The summed E-state index contributed by atoms with van der Waals surface area (Å²) in [6.45, 7) is 0.365. The molecule has 0 radical (unpaired) electrons. The minimum Gasteiger partial charge on any atom is -0.324 e. The quantitative estimate of drug-likeness (QED) is 0.897. The van der Waals surface area contributed by atoms with Crippen LogP contribution in [0, 0.1) is 0 Å². The Balaban J connectivity index is 2.52. The van der Waals surface area contributed by atoms with E-state index in [0.29, 0.717) is 16.7 Å². The first-order valence-electron chi connectivity index (χ1n) is 4.80. The molecule has 0 spiro atoms. The van der Waals surface area contributed by atoms with Crippen molar-refractivity contribution in [3.8, 4) is 11.3 Å². The standard InChI is InChI=1S/C11H11Cl2N3/c1-16-9(6-14)15-10(11(16)13)7-2-4-8(12)5-3-7/h2-5H,6,14H2,1H3. The SMILES string of the molecule is Cn1c(CN)nc(-c2ccc(Cl)cc2)c1Cl. The van der Waals surface area contributed by atoms with Crippen molar-refractivity contribution < 1.29 is 0 Å². The van der Waals surface area contributed by atoms with E-state index in [-0.39, 0.29) is 0 Å². The van der Waals surface area contributed by atoms with E-state index in [0.717, 1.165) is 17.1 Å². The first kappa shape index (κ1) is 11.5. The molecule has 1 aromatic heterocycles. The van der Waals surface area contributed by atoms with Crippen LogP contribution < -0.4 is 5.73 Å². The van der Waals surface area contributed by atoms with Gasteiger partial charge in [0.1, 0.15) is 16.7 Å². The van der Waals surface area contributed by atoms with Crippen LogP contribution in [-0.4, -0.2) is 9.55 Å². The minimum absolute atomic E-state index is 0.365. The van der Waals surface area contributed by atoms with Gasteiger partial charge in [-0.3, -0.25) is 0 Å². The van der Waals surface area contributed by atoms with E-state index in [9.17, 15) is 0 Å². The highest BCUT2D eigenvalue weighted by Crippen LogP contribution is 2.28. The molecule has 3 nitrogen and oxygen atoms in total. The molecule has 1 aromatic carbocycles. The van der Waals surface area contributed by atoms with E-state index in [2.05, 4.69) is 4.98 Å². The number of aromatic nitrogens is 2. The lowest BCUT2D eigenvalue weighted by Gasteiger charge is -1.99. The maximum Gasteiger partial charge on any atom is 0.136 e. The second-order valence-electron chi connectivity index (χ2n) is 3.44. The molecule has 2 rings (SSSR count). The first-order valence-corrected chi connectivity index (χ1v) is 5.56. The zero-order valence-corrected chi connectivity index (χ0v) is 10.3. The van der Waals surface area contributed by atoms with Crippen molar-refractivity contribution in [3.05, 3.63) is 40.3 Å². The Morgan fingerprint density at radius 1 is 1.25 bits per heavy atom. The van der Waals surface area contributed by atoms with Gasteiger partial charge in [0.15, 0.2) is 0 Å². The van der Waals surface area contributed by atoms with Gasteiger partial charge in [0.05, 0.1) is 6.54 Å². The van der Waals surface area contributed by atoms with Gasteiger partial charge in [-0.2, -0.15) is 0 Å². The maximum atomic E-state index is 6.18. The molecule has 1 heterocycles. The van der Waals surface area contributed by atoms with Crippen molar-refractivity contribution in [1.29, 1.82) is 0 Å². The van der Waals surface area contributed by atoms with Crippen LogP contribution in [0.2, 0.25) is 10.2 Å². The highest BCUT2D eigenvalue weighted by atomic mass is 35.5. The van der Waals surface area contributed by atoms with Crippen LogP contribution in [0.3, 0.4) is 0 Å². The minimum atomic E-state index is 0.365. The van der Waals surface area contributed by atoms with Gasteiger partial charge in [0, 0.05) is 17.6 Å². The fourth-order valence-corrected chi connectivity index (χ4v) is 1.87. The van der Waals surface area contributed by atoms with Gasteiger partial charge in [-0.05, 0) is 12.1 Å². The van der Waals surface area contributed by atoms with E-state index in [1.54, 1.807) is 4.57 Å². The summed E-state index contributed by atoms with van der Waals surface area (Å²) in [6.07, 6.45) is 0. The summed E-state index contributed by atoms with van der Waals surface area (Å²) in [7, 11) is 1.84. The Labute approximate surface area is 104 Å². The first-order chi connectivity index (χ1) is 7.63. The Morgan fingerprint density at radius 3 is 2.38 bits per heavy atom. The number of halogens is 2. The van der Waals surface area contributed by atoms with Crippen LogP contribution in [-0.2, 0) is 13.6 Å². The number of benzene rings is 1. The number of rotatable bonds is 2. The summed E-state index contributed by atoms with van der Waals surface area (Å²) in [5, 5.41) is 1.28. The summed E-state index contributed by atoms with van der Waals surface area (Å²) in [6, 6.07) is 7.39. The third kappa shape index (κ3) is 1.94. The fraction of sp³-hybridized carbons (Fsp3) is 0.182. The van der Waals surface area contributed by atoms with Gasteiger partial charge < -0.3 is 10.3 Å². The third-order valence-electron chi connectivity index (χ3n) is 2.42. The molecular weight excluding hydrogens is 245 g/mol. The largest absolute Gasteiger partial charge is 0.324 e. The Hall–Kier alpha value is -1.03. The van der Waals surface area contributed by atoms with Gasteiger partial charge in [-0.1, -0.05) is 35.3 Å². The molecule has 84 valence electrons. The van der Waals surface area contributed by atoms with Crippen LogP contribution in [0.15, 0.2) is 24.3 Å². The third-order valence-corrected chi connectivity index (χ3v) is 3.10. The fourth-order valence-electron chi connectivity index (χ4n) is 1.50. The number of nitrogens with zero attached hydrogens (tertiary/aromatic N) is 2. The summed E-state index contributed by atoms with van der Waals surface area (Å²) >= 11 is 12.0. The Morgan fingerprint density at radius 2 is 1.88 bits per heavy atom. The van der Waals surface area contributed by atoms with Crippen molar-refractivity contribution in [2.45, 2.75) is 6.54 Å². The molecule has 0 saturated heterocycles. The van der Waals surface area contributed by atoms with E-state index in [1.165, 1.54) is 0 Å². The topological polar surface area (TPSA) is 43.8 Å². The van der Waals surface area contributed by atoms with Crippen LogP contribution in [0.5, 0.6) is 0 Å². The molecule has 0 aliphatic rings. The van der Waals surface area contributed by atoms with Gasteiger partial charge in [-0.25, -0.2) is 4.98 Å². The van der Waals surface area contributed by atoms with Gasteiger partial charge in [0.25, 0.3) is 0 Å². The zero-order chi connectivity index (χ0) is 11.7. The van der Waals surface area contributed by atoms with E-state index in [4.69, 9.17) is 28.9 Å². The van der Waals surface area contributed by atoms with Crippen LogP contribution in [0.1, 0.15) is 5.82 Å². The molecular formula is C11H11Cl2N3. The molecule has 0 saturated carbocycles. The molecule has 0 bridgehead atoms. The molecule has 0 atom stereocenters. The van der Waals surface area contributed by atoms with Crippen molar-refractivity contribution in [3.63, 3.8) is 0 Å². The Bertz CT molecular complexity index is 503. The normalized spacial score (nSPS) is 10.8. The molecule has 0 unspecified atom stereocenters. The number of nitrogens with two attached hydrogens (primary N) is 1. The second-order valence-corrected chi connectivity index (χ2v) is 4.23. The molecule has 2 N–H and O–H groups in total. The highest BCUT2D eigenvalue weighted by molar-refractivity contribution is 6.32. The van der Waals surface area contributed by atoms with E-state index < -0.39 is 0 Å². The average Bonchev–Trinajstić information content (AvgIpc) is 2.57. The number of imidazole rings is 1. The van der Waals surface area contributed by atoms with Crippen molar-refractivity contribution in [1.82, 2.24) is 9.55 Å². The van der Waals surface area contributed by atoms with Gasteiger partial charge in [0.2, 0.25) is 0 Å². The van der Waals surface area contributed by atoms with Crippen LogP contribution in [0.25, 0.3) is 11.3 Å². The predicted octanol–water partition coefficient (Wildman–Crippen LogP) is 2.85. The molecule has 0 amide bonds. The van der Waals surface area contributed by atoms with E-state index in [1.807, 2.05) is 31.3 Å². The molecule has 0 fully saturated rings. The molecule has 0 aliphatic heterocycles. The summed E-state index contributed by atoms with van der Waals surface area (Å²) in [4.78, 5) is 4.39. The van der Waals surface area contributed by atoms with E-state index >= 15 is 0 Å². The monoisotopic (exact) mass is 255 g/mol. The Kier molecular flexibility index (Phi) is 3.19. The van der Waals surface area contributed by atoms with Crippen LogP contribution >= 0.6 is 23.2 Å². The van der Waals surface area contributed by atoms with Gasteiger partial charge in [-0.15, -0.1) is 0 Å². The average molecular weight is 256 g/mol. The predicted molar refractivity (Wildman–Crippen MR) is 66.6 cm³/mol. The molecule has 16 heavy (non-hydrogen) atoms. The zero-order valence-electron chi connectivity index (χ0n) is 8.74. The molecule has 0 aliphatic carbocycles. The lowest BCUT2D eigenvalue weighted by molar-refractivity contribution is 0.794. The number of hydrogen-bond donors (Lipinski definition) is 1. The number of hydrogen-bond acceptors (Lipinski definition) is 2. The molecule has 5 heteroatoms. The second kappa shape index (κ2) is 4.45. The van der Waals surface area contributed by atoms with Gasteiger partial charge >= 0.3 is 0 Å². The molecule has 2 aromatic rings. The lowest BCUT2D eigenvalue weighted by Crippen LogP contribution is -2.04. The smallest absolute Gasteiger partial charge is 0.136 e. The van der Waals surface area contributed by atoms with Crippen molar-refractivity contribution >= 4 is 23.2 Å². The highest BCUT2D eigenvalue weighted by Gasteiger charge is 2.13. The summed E-state index contributed by atoms with van der Waals surface area (Å²) in [5.41, 5.74) is 7.24. The summed E-state index contributed by atoms with van der Waals surface area (Å²) < 4.78 is 1.78.